The smallest absolute Gasteiger partial charge is 0.191 e. The van der Waals surface area contributed by atoms with E-state index in [1.807, 2.05) is 7.05 Å². The largest absolute Gasteiger partial charge is 0.379 e. The van der Waals surface area contributed by atoms with E-state index < -0.39 is 0 Å². The number of benzene rings is 1. The topological polar surface area (TPSA) is 48.9 Å². The molecule has 0 bridgehead atoms. The zero-order valence-electron chi connectivity index (χ0n) is 16.1. The Kier molecular flexibility index (Phi) is 10.4. The first-order valence-corrected chi connectivity index (χ1v) is 10.5. The SMILES string of the molecule is CN=C(NCCOCC1CC1)NC1CCN(Cc2ccc(Br)cc2)CC1.I. The molecule has 27 heavy (non-hydrogen) atoms. The van der Waals surface area contributed by atoms with Gasteiger partial charge in [0.25, 0.3) is 0 Å². The molecular weight excluding hydrogens is 519 g/mol. The van der Waals surface area contributed by atoms with Crippen molar-refractivity contribution >= 4 is 45.9 Å². The predicted molar refractivity (Wildman–Crippen MR) is 126 cm³/mol. The van der Waals surface area contributed by atoms with Crippen molar-refractivity contribution in [3.05, 3.63) is 34.3 Å². The lowest BCUT2D eigenvalue weighted by Gasteiger charge is -2.33. The molecule has 0 amide bonds. The van der Waals surface area contributed by atoms with Crippen LogP contribution >= 0.6 is 39.9 Å². The molecule has 1 heterocycles. The number of rotatable bonds is 8. The number of nitrogens with one attached hydrogen (secondary N) is 2. The summed E-state index contributed by atoms with van der Waals surface area (Å²) >= 11 is 3.50. The number of guanidine groups is 1. The highest BCUT2D eigenvalue weighted by atomic mass is 127. The maximum Gasteiger partial charge on any atom is 0.191 e. The lowest BCUT2D eigenvalue weighted by Crippen LogP contribution is -2.49. The highest BCUT2D eigenvalue weighted by molar-refractivity contribution is 14.0. The summed E-state index contributed by atoms with van der Waals surface area (Å²) in [5, 5.41) is 6.92. The lowest BCUT2D eigenvalue weighted by molar-refractivity contribution is 0.129. The van der Waals surface area contributed by atoms with Crippen molar-refractivity contribution in [2.75, 3.05) is 39.9 Å². The molecule has 1 saturated carbocycles. The third-order valence-corrected chi connectivity index (χ3v) is 5.59. The first kappa shape index (κ1) is 22.9. The summed E-state index contributed by atoms with van der Waals surface area (Å²) in [5.41, 5.74) is 1.38. The zero-order valence-corrected chi connectivity index (χ0v) is 20.0. The lowest BCUT2D eigenvalue weighted by atomic mass is 10.0. The van der Waals surface area contributed by atoms with Crippen LogP contribution in [0, 0.1) is 5.92 Å². The number of nitrogens with zero attached hydrogens (tertiary/aromatic N) is 2. The molecule has 1 saturated heterocycles. The van der Waals surface area contributed by atoms with E-state index in [1.54, 1.807) is 0 Å². The molecule has 152 valence electrons. The van der Waals surface area contributed by atoms with E-state index in [0.717, 1.165) is 68.6 Å². The summed E-state index contributed by atoms with van der Waals surface area (Å²) in [7, 11) is 1.84. The van der Waals surface area contributed by atoms with Gasteiger partial charge in [-0.25, -0.2) is 0 Å². The van der Waals surface area contributed by atoms with Crippen LogP contribution in [-0.2, 0) is 11.3 Å². The van der Waals surface area contributed by atoms with E-state index in [9.17, 15) is 0 Å². The predicted octanol–water partition coefficient (Wildman–Crippen LogP) is 3.62. The minimum atomic E-state index is 0. The minimum absolute atomic E-state index is 0. The van der Waals surface area contributed by atoms with E-state index in [2.05, 4.69) is 60.7 Å². The minimum Gasteiger partial charge on any atom is -0.379 e. The van der Waals surface area contributed by atoms with Gasteiger partial charge in [-0.1, -0.05) is 28.1 Å². The van der Waals surface area contributed by atoms with E-state index in [4.69, 9.17) is 4.74 Å². The molecule has 2 N–H and O–H groups in total. The van der Waals surface area contributed by atoms with Crippen LogP contribution < -0.4 is 10.6 Å². The molecule has 0 radical (unpaired) electrons. The second kappa shape index (κ2) is 12.2. The highest BCUT2D eigenvalue weighted by Crippen LogP contribution is 2.28. The molecule has 3 rings (SSSR count). The van der Waals surface area contributed by atoms with Gasteiger partial charge in [0, 0.05) is 50.3 Å². The summed E-state index contributed by atoms with van der Waals surface area (Å²) < 4.78 is 6.81. The van der Waals surface area contributed by atoms with E-state index >= 15 is 0 Å². The van der Waals surface area contributed by atoms with Gasteiger partial charge in [-0.15, -0.1) is 24.0 Å². The molecule has 7 heteroatoms. The fraction of sp³-hybridized carbons (Fsp3) is 0.650. The van der Waals surface area contributed by atoms with E-state index in [-0.39, 0.29) is 24.0 Å². The summed E-state index contributed by atoms with van der Waals surface area (Å²) in [5.74, 6) is 1.72. The molecule has 0 spiro atoms. The molecule has 1 aliphatic heterocycles. The van der Waals surface area contributed by atoms with Crippen LogP contribution in [0.2, 0.25) is 0 Å². The van der Waals surface area contributed by atoms with Gasteiger partial charge in [0.15, 0.2) is 5.96 Å². The van der Waals surface area contributed by atoms with Gasteiger partial charge in [0.2, 0.25) is 0 Å². The number of aliphatic imine (C=N–C) groups is 1. The molecule has 0 atom stereocenters. The molecule has 5 nitrogen and oxygen atoms in total. The Bertz CT molecular complexity index is 572. The monoisotopic (exact) mass is 550 g/mol. The fourth-order valence-corrected chi connectivity index (χ4v) is 3.51. The summed E-state index contributed by atoms with van der Waals surface area (Å²) in [6.45, 7) is 5.76. The third kappa shape index (κ3) is 8.66. The van der Waals surface area contributed by atoms with Gasteiger partial charge in [0.1, 0.15) is 0 Å². The van der Waals surface area contributed by atoms with Gasteiger partial charge >= 0.3 is 0 Å². The first-order chi connectivity index (χ1) is 12.7. The maximum absolute atomic E-state index is 5.67. The Hall–Kier alpha value is -0.380. The van der Waals surface area contributed by atoms with E-state index in [1.165, 1.54) is 18.4 Å². The Morgan fingerprint density at radius 1 is 1.19 bits per heavy atom. The Morgan fingerprint density at radius 2 is 1.89 bits per heavy atom. The van der Waals surface area contributed by atoms with Crippen molar-refractivity contribution in [1.29, 1.82) is 0 Å². The van der Waals surface area contributed by atoms with Gasteiger partial charge in [0.05, 0.1) is 6.61 Å². The average molecular weight is 551 g/mol. The standard InChI is InChI=1S/C20H31BrN4O.HI/c1-22-20(23-10-13-26-15-17-2-3-17)24-19-8-11-25(12-9-19)14-16-4-6-18(21)7-5-16;/h4-7,17,19H,2-3,8-15H2,1H3,(H2,22,23,24);1H. The quantitative estimate of drug-likeness (QED) is 0.225. The van der Waals surface area contributed by atoms with Crippen molar-refractivity contribution < 1.29 is 4.74 Å². The second-order valence-corrected chi connectivity index (χ2v) is 8.25. The van der Waals surface area contributed by atoms with E-state index in [0.29, 0.717) is 6.04 Å². The number of ether oxygens (including phenoxy) is 1. The third-order valence-electron chi connectivity index (χ3n) is 5.06. The number of piperidine rings is 1. The van der Waals surface area contributed by atoms with Gasteiger partial charge in [-0.2, -0.15) is 0 Å². The van der Waals surface area contributed by atoms with Crippen LogP contribution in [0.4, 0.5) is 0 Å². The summed E-state index contributed by atoms with van der Waals surface area (Å²) in [6, 6.07) is 9.13. The first-order valence-electron chi connectivity index (χ1n) is 9.74. The van der Waals surface area contributed by atoms with Crippen molar-refractivity contribution in [1.82, 2.24) is 15.5 Å². The van der Waals surface area contributed by atoms with Crippen molar-refractivity contribution in [2.45, 2.75) is 38.3 Å². The number of hydrogen-bond donors (Lipinski definition) is 2. The Labute approximate surface area is 188 Å². The number of halogens is 2. The molecule has 1 aromatic carbocycles. The van der Waals surface area contributed by atoms with Crippen LogP contribution in [-0.4, -0.2) is 56.8 Å². The number of likely N-dealkylation sites (tertiary alicyclic amines) is 1. The molecular formula is C20H32BrIN4O. The molecule has 0 unspecified atom stereocenters. The van der Waals surface area contributed by atoms with Crippen molar-refractivity contribution in [2.24, 2.45) is 10.9 Å². The summed E-state index contributed by atoms with van der Waals surface area (Å²) in [6.07, 6.45) is 4.99. The molecule has 2 fully saturated rings. The van der Waals surface area contributed by atoms with Crippen LogP contribution in [0.15, 0.2) is 33.7 Å². The van der Waals surface area contributed by atoms with Gasteiger partial charge in [-0.3, -0.25) is 9.89 Å². The Balaban J connectivity index is 0.00000261. The van der Waals surface area contributed by atoms with Crippen LogP contribution in [0.5, 0.6) is 0 Å². The van der Waals surface area contributed by atoms with Crippen molar-refractivity contribution in [3.8, 4) is 0 Å². The van der Waals surface area contributed by atoms with Gasteiger partial charge in [-0.05, 0) is 49.3 Å². The van der Waals surface area contributed by atoms with Crippen LogP contribution in [0.25, 0.3) is 0 Å². The maximum atomic E-state index is 5.67. The zero-order chi connectivity index (χ0) is 18.2. The summed E-state index contributed by atoms with van der Waals surface area (Å²) in [4.78, 5) is 6.87. The molecule has 1 aromatic rings. The van der Waals surface area contributed by atoms with Gasteiger partial charge < -0.3 is 15.4 Å². The fourth-order valence-electron chi connectivity index (χ4n) is 3.25. The van der Waals surface area contributed by atoms with Crippen LogP contribution in [0.3, 0.4) is 0 Å². The Morgan fingerprint density at radius 3 is 2.52 bits per heavy atom. The highest BCUT2D eigenvalue weighted by Gasteiger charge is 2.21. The van der Waals surface area contributed by atoms with Crippen LogP contribution in [0.1, 0.15) is 31.2 Å². The normalized spacial score (nSPS) is 18.8. The average Bonchev–Trinajstić information content (AvgIpc) is 3.48. The molecule has 2 aliphatic rings. The molecule has 1 aliphatic carbocycles. The second-order valence-electron chi connectivity index (χ2n) is 7.34. The number of hydrogen-bond acceptors (Lipinski definition) is 3. The molecule has 0 aromatic heterocycles. The van der Waals surface area contributed by atoms with Crippen molar-refractivity contribution in [3.63, 3.8) is 0 Å².